The Kier molecular flexibility index (Phi) is 4.22. The number of hydrogen-bond acceptors (Lipinski definition) is 4. The molecule has 0 bridgehead atoms. The lowest BCUT2D eigenvalue weighted by Crippen LogP contribution is -2.28. The first-order valence-electron chi connectivity index (χ1n) is 6.77. The number of rotatable bonds is 6. The number of nitrogens with zero attached hydrogens (tertiary/aromatic N) is 1. The van der Waals surface area contributed by atoms with Gasteiger partial charge in [0.05, 0.1) is 0 Å². The van der Waals surface area contributed by atoms with Gasteiger partial charge in [-0.05, 0) is 42.6 Å². The first-order chi connectivity index (χ1) is 9.00. The minimum Gasteiger partial charge on any atom is -0.441 e. The number of nitrogens with two attached hydrogens (primary N) is 1. The van der Waals surface area contributed by atoms with E-state index in [0.29, 0.717) is 5.89 Å². The lowest BCUT2D eigenvalue weighted by Gasteiger charge is -2.22. The molecule has 0 saturated heterocycles. The number of aromatic nitrogens is 1. The zero-order valence-electron chi connectivity index (χ0n) is 12.0. The molecule has 19 heavy (non-hydrogen) atoms. The van der Waals surface area contributed by atoms with E-state index >= 15 is 0 Å². The second-order valence-corrected chi connectivity index (χ2v) is 5.83. The maximum absolute atomic E-state index is 5.72. The normalized spacial score (nSPS) is 12.2. The molecule has 104 valence electrons. The molecular formula is C15H23N3O. The summed E-state index contributed by atoms with van der Waals surface area (Å²) in [5.74, 6) is 0.713. The molecule has 0 saturated carbocycles. The van der Waals surface area contributed by atoms with Crippen molar-refractivity contribution in [2.45, 2.75) is 33.7 Å². The Labute approximate surface area is 114 Å². The fraction of sp³-hybridized carbons (Fsp3) is 0.533. The number of benzene rings is 1. The van der Waals surface area contributed by atoms with E-state index in [4.69, 9.17) is 10.2 Å². The summed E-state index contributed by atoms with van der Waals surface area (Å²) in [6.45, 7) is 8.79. The molecule has 4 heteroatoms. The van der Waals surface area contributed by atoms with E-state index in [1.807, 2.05) is 13.0 Å². The summed E-state index contributed by atoms with van der Waals surface area (Å²) in [4.78, 5) is 4.29. The van der Waals surface area contributed by atoms with Crippen LogP contribution in [0.4, 0.5) is 0 Å². The van der Waals surface area contributed by atoms with Crippen molar-refractivity contribution in [3.8, 4) is 0 Å². The van der Waals surface area contributed by atoms with Crippen molar-refractivity contribution < 1.29 is 4.42 Å². The van der Waals surface area contributed by atoms with E-state index < -0.39 is 0 Å². The van der Waals surface area contributed by atoms with Crippen LogP contribution in [0.2, 0.25) is 0 Å². The maximum Gasteiger partial charge on any atom is 0.192 e. The van der Waals surface area contributed by atoms with Crippen LogP contribution in [0.3, 0.4) is 0 Å². The number of hydrogen-bond donors (Lipinski definition) is 2. The van der Waals surface area contributed by atoms with Gasteiger partial charge in [0.25, 0.3) is 0 Å². The number of fused-ring (bicyclic) bond motifs is 1. The van der Waals surface area contributed by atoms with Crippen molar-refractivity contribution in [2.24, 2.45) is 11.1 Å². The van der Waals surface area contributed by atoms with Gasteiger partial charge in [-0.15, -0.1) is 0 Å². The van der Waals surface area contributed by atoms with E-state index in [1.165, 1.54) is 5.56 Å². The SMILES string of the molecule is Cc1nc2ccc(CNCCC(C)(C)CN)cc2o1. The van der Waals surface area contributed by atoms with Crippen LogP contribution in [0.15, 0.2) is 22.6 Å². The van der Waals surface area contributed by atoms with Gasteiger partial charge >= 0.3 is 0 Å². The molecule has 0 aliphatic rings. The Morgan fingerprint density at radius 1 is 1.37 bits per heavy atom. The van der Waals surface area contributed by atoms with Crippen LogP contribution in [-0.4, -0.2) is 18.1 Å². The predicted molar refractivity (Wildman–Crippen MR) is 77.9 cm³/mol. The highest BCUT2D eigenvalue weighted by Gasteiger charge is 2.14. The van der Waals surface area contributed by atoms with E-state index in [2.05, 4.69) is 36.3 Å². The van der Waals surface area contributed by atoms with Crippen molar-refractivity contribution in [1.82, 2.24) is 10.3 Å². The molecule has 2 rings (SSSR count). The van der Waals surface area contributed by atoms with Crippen molar-refractivity contribution in [1.29, 1.82) is 0 Å². The Balaban J connectivity index is 1.88. The lowest BCUT2D eigenvalue weighted by atomic mass is 9.90. The van der Waals surface area contributed by atoms with Crippen molar-refractivity contribution in [2.75, 3.05) is 13.1 Å². The second-order valence-electron chi connectivity index (χ2n) is 5.83. The van der Waals surface area contributed by atoms with Crippen LogP contribution in [-0.2, 0) is 6.54 Å². The minimum atomic E-state index is 0.207. The van der Waals surface area contributed by atoms with E-state index in [1.54, 1.807) is 0 Å². The second kappa shape index (κ2) is 5.72. The average molecular weight is 261 g/mol. The Bertz CT molecular complexity index is 545. The number of aryl methyl sites for hydroxylation is 1. The smallest absolute Gasteiger partial charge is 0.192 e. The van der Waals surface area contributed by atoms with Crippen molar-refractivity contribution in [3.05, 3.63) is 29.7 Å². The molecule has 0 amide bonds. The first kappa shape index (κ1) is 14.0. The monoisotopic (exact) mass is 261 g/mol. The highest BCUT2D eigenvalue weighted by atomic mass is 16.3. The highest BCUT2D eigenvalue weighted by Crippen LogP contribution is 2.18. The molecule has 0 aliphatic carbocycles. The van der Waals surface area contributed by atoms with Crippen molar-refractivity contribution in [3.63, 3.8) is 0 Å². The van der Waals surface area contributed by atoms with Gasteiger partial charge in [-0.25, -0.2) is 4.98 Å². The molecule has 0 unspecified atom stereocenters. The molecular weight excluding hydrogens is 238 g/mol. The molecule has 0 aliphatic heterocycles. The zero-order chi connectivity index (χ0) is 13.9. The molecule has 0 fully saturated rings. The van der Waals surface area contributed by atoms with Gasteiger partial charge in [-0.3, -0.25) is 0 Å². The molecule has 1 aromatic carbocycles. The van der Waals surface area contributed by atoms with Gasteiger partial charge in [-0.1, -0.05) is 19.9 Å². The Morgan fingerprint density at radius 3 is 2.89 bits per heavy atom. The fourth-order valence-corrected chi connectivity index (χ4v) is 1.96. The molecule has 0 radical (unpaired) electrons. The number of nitrogens with one attached hydrogen (secondary N) is 1. The zero-order valence-corrected chi connectivity index (χ0v) is 12.0. The van der Waals surface area contributed by atoms with Gasteiger partial charge < -0.3 is 15.5 Å². The first-order valence-corrected chi connectivity index (χ1v) is 6.77. The Hall–Kier alpha value is -1.39. The third kappa shape index (κ3) is 3.78. The summed E-state index contributed by atoms with van der Waals surface area (Å²) in [5, 5.41) is 3.45. The standard InChI is InChI=1S/C15H23N3O/c1-11-18-13-5-4-12(8-14(13)19-11)9-17-7-6-15(2,3)10-16/h4-5,8,17H,6-7,9-10,16H2,1-3H3. The molecule has 1 aromatic heterocycles. The lowest BCUT2D eigenvalue weighted by molar-refractivity contribution is 0.339. The molecule has 2 aromatic rings. The Morgan fingerprint density at radius 2 is 2.16 bits per heavy atom. The fourth-order valence-electron chi connectivity index (χ4n) is 1.96. The van der Waals surface area contributed by atoms with Gasteiger partial charge in [0, 0.05) is 13.5 Å². The predicted octanol–water partition coefficient (Wildman–Crippen LogP) is 2.60. The molecule has 4 nitrogen and oxygen atoms in total. The molecule has 0 spiro atoms. The van der Waals surface area contributed by atoms with Gasteiger partial charge in [0.2, 0.25) is 0 Å². The van der Waals surface area contributed by atoms with Gasteiger partial charge in [-0.2, -0.15) is 0 Å². The third-order valence-corrected chi connectivity index (χ3v) is 3.42. The largest absolute Gasteiger partial charge is 0.441 e. The molecule has 3 N–H and O–H groups in total. The van der Waals surface area contributed by atoms with Crippen LogP contribution in [0.25, 0.3) is 11.1 Å². The molecule has 1 heterocycles. The van der Waals surface area contributed by atoms with Gasteiger partial charge in [0.1, 0.15) is 5.52 Å². The van der Waals surface area contributed by atoms with E-state index in [9.17, 15) is 0 Å². The van der Waals surface area contributed by atoms with E-state index in [0.717, 1.165) is 37.2 Å². The highest BCUT2D eigenvalue weighted by molar-refractivity contribution is 5.73. The number of oxazole rings is 1. The van der Waals surface area contributed by atoms with E-state index in [-0.39, 0.29) is 5.41 Å². The summed E-state index contributed by atoms with van der Waals surface area (Å²) < 4.78 is 5.53. The topological polar surface area (TPSA) is 64.1 Å². The van der Waals surface area contributed by atoms with Crippen LogP contribution >= 0.6 is 0 Å². The summed E-state index contributed by atoms with van der Waals surface area (Å²) in [7, 11) is 0. The van der Waals surface area contributed by atoms with Crippen LogP contribution < -0.4 is 11.1 Å². The molecule has 0 atom stereocenters. The average Bonchev–Trinajstić information content (AvgIpc) is 2.74. The summed E-state index contributed by atoms with van der Waals surface area (Å²) in [5.41, 5.74) is 8.92. The van der Waals surface area contributed by atoms with Crippen LogP contribution in [0.5, 0.6) is 0 Å². The summed E-state index contributed by atoms with van der Waals surface area (Å²) in [6.07, 6.45) is 1.08. The van der Waals surface area contributed by atoms with Crippen LogP contribution in [0.1, 0.15) is 31.7 Å². The van der Waals surface area contributed by atoms with Gasteiger partial charge in [0.15, 0.2) is 11.5 Å². The summed E-state index contributed by atoms with van der Waals surface area (Å²) in [6, 6.07) is 6.15. The quantitative estimate of drug-likeness (QED) is 0.785. The third-order valence-electron chi connectivity index (χ3n) is 3.42. The maximum atomic E-state index is 5.72. The minimum absolute atomic E-state index is 0.207. The van der Waals surface area contributed by atoms with Crippen molar-refractivity contribution >= 4 is 11.1 Å². The van der Waals surface area contributed by atoms with Crippen LogP contribution in [0, 0.1) is 12.3 Å². The summed E-state index contributed by atoms with van der Waals surface area (Å²) >= 11 is 0.